The maximum absolute atomic E-state index is 12.5. The van der Waals surface area contributed by atoms with E-state index in [4.69, 9.17) is 9.47 Å². The molecule has 1 saturated heterocycles. The van der Waals surface area contributed by atoms with Gasteiger partial charge in [-0.3, -0.25) is 9.59 Å². The molecule has 1 spiro atoms. The molecule has 1 amide bonds. The van der Waals surface area contributed by atoms with Crippen molar-refractivity contribution in [1.29, 1.82) is 0 Å². The summed E-state index contributed by atoms with van der Waals surface area (Å²) in [7, 11) is 1.57. The fraction of sp³-hybridized carbons (Fsp3) is 0.412. The van der Waals surface area contributed by atoms with Crippen molar-refractivity contribution in [2.24, 2.45) is 0 Å². The molecule has 0 aromatic heterocycles. The zero-order valence-electron chi connectivity index (χ0n) is 12.8. The summed E-state index contributed by atoms with van der Waals surface area (Å²) < 4.78 is 11.3. The number of ether oxygens (including phenoxy) is 2. The van der Waals surface area contributed by atoms with Crippen LogP contribution in [0.4, 0.5) is 0 Å². The first-order valence-electron chi connectivity index (χ1n) is 7.39. The van der Waals surface area contributed by atoms with Crippen LogP contribution in [0.5, 0.6) is 11.5 Å². The van der Waals surface area contributed by atoms with E-state index < -0.39 is 5.60 Å². The number of ketones is 1. The molecular weight excluding hydrogens is 282 g/mol. The molecule has 0 bridgehead atoms. The largest absolute Gasteiger partial charge is 0.497 e. The number of benzene rings is 1. The number of fused-ring (bicyclic) bond motifs is 1. The van der Waals surface area contributed by atoms with Gasteiger partial charge in [0.1, 0.15) is 17.1 Å². The van der Waals surface area contributed by atoms with Crippen molar-refractivity contribution in [2.45, 2.75) is 25.4 Å². The summed E-state index contributed by atoms with van der Waals surface area (Å²) in [5.74, 6) is 1.23. The molecule has 3 rings (SSSR count). The molecule has 2 aliphatic rings. The van der Waals surface area contributed by atoms with Gasteiger partial charge in [-0.2, -0.15) is 0 Å². The zero-order chi connectivity index (χ0) is 15.7. The van der Waals surface area contributed by atoms with Crippen molar-refractivity contribution in [3.8, 4) is 11.5 Å². The lowest BCUT2D eigenvalue weighted by Gasteiger charge is -2.34. The molecule has 5 heteroatoms. The summed E-state index contributed by atoms with van der Waals surface area (Å²) in [4.78, 5) is 26.2. The molecule has 1 fully saturated rings. The van der Waals surface area contributed by atoms with E-state index in [1.54, 1.807) is 42.4 Å². The predicted octanol–water partition coefficient (Wildman–Crippen LogP) is 2.21. The lowest BCUT2D eigenvalue weighted by atomic mass is 9.89. The smallest absolute Gasteiger partial charge is 0.246 e. The Hall–Kier alpha value is -2.30. The molecular formula is C17H19NO4. The first-order valence-corrected chi connectivity index (χ1v) is 7.39. The Morgan fingerprint density at radius 3 is 3.00 bits per heavy atom. The van der Waals surface area contributed by atoms with Crippen molar-refractivity contribution >= 4 is 11.7 Å². The van der Waals surface area contributed by atoms with Crippen molar-refractivity contribution in [1.82, 2.24) is 4.90 Å². The van der Waals surface area contributed by atoms with Gasteiger partial charge in [0.05, 0.1) is 25.6 Å². The van der Waals surface area contributed by atoms with Crippen LogP contribution in [0.3, 0.4) is 0 Å². The van der Waals surface area contributed by atoms with E-state index >= 15 is 0 Å². The van der Waals surface area contributed by atoms with Crippen LogP contribution in [0.15, 0.2) is 30.4 Å². The Bertz CT molecular complexity index is 652. The summed E-state index contributed by atoms with van der Waals surface area (Å²) in [6.07, 6.45) is 4.24. The Labute approximate surface area is 129 Å². The highest BCUT2D eigenvalue weighted by molar-refractivity contribution is 6.01. The van der Waals surface area contributed by atoms with Crippen LogP contribution >= 0.6 is 0 Å². The fourth-order valence-corrected chi connectivity index (χ4v) is 3.11. The highest BCUT2D eigenvalue weighted by Gasteiger charge is 2.46. The van der Waals surface area contributed by atoms with Crippen LogP contribution in [0, 0.1) is 0 Å². The summed E-state index contributed by atoms with van der Waals surface area (Å²) in [5.41, 5.74) is -0.0289. The normalized spacial score (nSPS) is 23.7. The molecule has 22 heavy (non-hydrogen) atoms. The molecule has 5 nitrogen and oxygen atoms in total. The number of carbonyl (C=O) groups is 2. The Balaban J connectivity index is 1.84. The molecule has 0 N–H and O–H groups in total. The Kier molecular flexibility index (Phi) is 3.64. The summed E-state index contributed by atoms with van der Waals surface area (Å²) in [6, 6.07) is 5.26. The van der Waals surface area contributed by atoms with Crippen LogP contribution in [-0.4, -0.2) is 42.4 Å². The molecule has 1 unspecified atom stereocenters. The zero-order valence-corrected chi connectivity index (χ0v) is 12.8. The highest BCUT2D eigenvalue weighted by atomic mass is 16.5. The Morgan fingerprint density at radius 2 is 2.27 bits per heavy atom. The number of allylic oxidation sites excluding steroid dienone is 1. The number of likely N-dealkylation sites (tertiary alicyclic amines) is 1. The van der Waals surface area contributed by atoms with Crippen molar-refractivity contribution in [2.75, 3.05) is 20.2 Å². The van der Waals surface area contributed by atoms with Crippen LogP contribution in [0.2, 0.25) is 0 Å². The minimum Gasteiger partial charge on any atom is -0.497 e. The lowest BCUT2D eigenvalue weighted by Crippen LogP contribution is -2.45. The lowest BCUT2D eigenvalue weighted by molar-refractivity contribution is -0.125. The number of nitrogens with zero attached hydrogens (tertiary/aromatic N) is 1. The number of Topliss-reactive ketones (excluding diaryl/α,β-unsaturated/α-hetero) is 1. The molecule has 2 aliphatic heterocycles. The van der Waals surface area contributed by atoms with Gasteiger partial charge in [0.15, 0.2) is 5.78 Å². The standard InChI is InChI=1S/C17H19NO4/c1-3-4-16(20)18-8-7-17(11-18)10-14(19)13-9-12(21-2)5-6-15(13)22-17/h3-6,9H,7-8,10-11H2,1-2H3/b4-3+. The molecule has 1 aromatic carbocycles. The molecule has 1 atom stereocenters. The topological polar surface area (TPSA) is 55.8 Å². The number of amides is 1. The van der Waals surface area contributed by atoms with Crippen LogP contribution in [0.1, 0.15) is 30.1 Å². The minimum atomic E-state index is -0.587. The SMILES string of the molecule is C/C=C/C(=O)N1CCC2(CC(=O)c3cc(OC)ccc3O2)C1. The number of hydrogen-bond donors (Lipinski definition) is 0. The minimum absolute atomic E-state index is 0.0315. The second kappa shape index (κ2) is 5.48. The highest BCUT2D eigenvalue weighted by Crippen LogP contribution is 2.40. The van der Waals surface area contributed by atoms with Gasteiger partial charge in [-0.05, 0) is 31.2 Å². The van der Waals surface area contributed by atoms with Gasteiger partial charge in [-0.25, -0.2) is 0 Å². The fourth-order valence-electron chi connectivity index (χ4n) is 3.11. The second-order valence-electron chi connectivity index (χ2n) is 5.76. The van der Waals surface area contributed by atoms with E-state index in [1.807, 2.05) is 6.92 Å². The predicted molar refractivity (Wildman–Crippen MR) is 81.3 cm³/mol. The average Bonchev–Trinajstić information content (AvgIpc) is 2.91. The molecule has 2 heterocycles. The summed E-state index contributed by atoms with van der Waals surface area (Å²) >= 11 is 0. The van der Waals surface area contributed by atoms with Gasteiger partial charge in [0.2, 0.25) is 5.91 Å². The van der Waals surface area contributed by atoms with E-state index in [2.05, 4.69) is 0 Å². The monoisotopic (exact) mass is 301 g/mol. The molecule has 1 aromatic rings. The van der Waals surface area contributed by atoms with Gasteiger partial charge in [-0.15, -0.1) is 0 Å². The van der Waals surface area contributed by atoms with Crippen LogP contribution in [0.25, 0.3) is 0 Å². The van der Waals surface area contributed by atoms with E-state index in [1.165, 1.54) is 0 Å². The van der Waals surface area contributed by atoms with Crippen molar-refractivity contribution < 1.29 is 19.1 Å². The Morgan fingerprint density at radius 1 is 1.45 bits per heavy atom. The molecule has 0 radical (unpaired) electrons. The van der Waals surface area contributed by atoms with Gasteiger partial charge >= 0.3 is 0 Å². The van der Waals surface area contributed by atoms with Crippen molar-refractivity contribution in [3.63, 3.8) is 0 Å². The van der Waals surface area contributed by atoms with Gasteiger partial charge < -0.3 is 14.4 Å². The maximum atomic E-state index is 12.5. The van der Waals surface area contributed by atoms with E-state index in [9.17, 15) is 9.59 Å². The second-order valence-corrected chi connectivity index (χ2v) is 5.76. The number of carbonyl (C=O) groups excluding carboxylic acids is 2. The number of rotatable bonds is 2. The number of methoxy groups -OCH3 is 1. The van der Waals surface area contributed by atoms with E-state index in [-0.39, 0.29) is 11.7 Å². The third kappa shape index (κ3) is 2.47. The molecule has 0 aliphatic carbocycles. The van der Waals surface area contributed by atoms with E-state index in [0.29, 0.717) is 43.0 Å². The maximum Gasteiger partial charge on any atom is 0.246 e. The summed E-state index contributed by atoms with van der Waals surface area (Å²) in [6.45, 7) is 2.88. The molecule has 116 valence electrons. The molecule has 0 saturated carbocycles. The first-order chi connectivity index (χ1) is 10.6. The van der Waals surface area contributed by atoms with E-state index in [0.717, 1.165) is 0 Å². The third-order valence-corrected chi connectivity index (χ3v) is 4.23. The first kappa shape index (κ1) is 14.6. The van der Waals surface area contributed by atoms with Crippen LogP contribution < -0.4 is 9.47 Å². The van der Waals surface area contributed by atoms with Gasteiger partial charge in [0.25, 0.3) is 0 Å². The number of hydrogen-bond acceptors (Lipinski definition) is 4. The average molecular weight is 301 g/mol. The van der Waals surface area contributed by atoms with Crippen molar-refractivity contribution in [3.05, 3.63) is 35.9 Å². The third-order valence-electron chi connectivity index (χ3n) is 4.23. The van der Waals surface area contributed by atoms with Crippen LogP contribution in [-0.2, 0) is 4.79 Å². The van der Waals surface area contributed by atoms with Gasteiger partial charge in [-0.1, -0.05) is 6.08 Å². The quantitative estimate of drug-likeness (QED) is 0.786. The van der Waals surface area contributed by atoms with Gasteiger partial charge in [0, 0.05) is 13.0 Å². The summed E-state index contributed by atoms with van der Waals surface area (Å²) in [5, 5.41) is 0.